The number of piperidine rings is 1. The van der Waals surface area contributed by atoms with Crippen molar-refractivity contribution in [3.63, 3.8) is 0 Å². The molecule has 2 aromatic heterocycles. The molecule has 0 atom stereocenters. The molecular weight excluding hydrogens is 466 g/mol. The Kier molecular flexibility index (Phi) is 5.65. The van der Waals surface area contributed by atoms with Crippen molar-refractivity contribution in [1.82, 2.24) is 19.9 Å². The number of nitrogens with one attached hydrogen (secondary N) is 1. The van der Waals surface area contributed by atoms with Gasteiger partial charge in [0, 0.05) is 31.1 Å². The van der Waals surface area contributed by atoms with Crippen LogP contribution in [-0.4, -0.2) is 47.5 Å². The van der Waals surface area contributed by atoms with Crippen LogP contribution in [0.25, 0.3) is 16.2 Å². The van der Waals surface area contributed by atoms with Crippen molar-refractivity contribution in [2.75, 3.05) is 31.9 Å². The molecule has 0 radical (unpaired) electrons. The van der Waals surface area contributed by atoms with E-state index in [4.69, 9.17) is 24.3 Å². The Morgan fingerprint density at radius 2 is 1.94 bits per heavy atom. The lowest BCUT2D eigenvalue weighted by atomic mass is 9.96. The van der Waals surface area contributed by atoms with Crippen molar-refractivity contribution in [3.8, 4) is 28.5 Å². The van der Waals surface area contributed by atoms with E-state index in [1.807, 2.05) is 53.2 Å². The van der Waals surface area contributed by atoms with E-state index in [-0.39, 0.29) is 18.6 Å². The Labute approximate surface area is 206 Å². The highest BCUT2D eigenvalue weighted by atomic mass is 32.1. The average Bonchev–Trinajstić information content (AvgIpc) is 3.62. The summed E-state index contributed by atoms with van der Waals surface area (Å²) in [5.74, 6) is 2.40. The first-order chi connectivity index (χ1) is 17.2. The van der Waals surface area contributed by atoms with Gasteiger partial charge in [-0.1, -0.05) is 17.4 Å². The zero-order valence-electron chi connectivity index (χ0n) is 19.3. The number of anilines is 1. The fraction of sp³-hybridized carbons (Fsp3) is 0.320. The normalized spacial score (nSPS) is 15.5. The Bertz CT molecular complexity index is 1330. The molecule has 6 rings (SSSR count). The molecule has 2 aromatic carbocycles. The molecule has 1 amide bonds. The van der Waals surface area contributed by atoms with Gasteiger partial charge in [0.25, 0.3) is 0 Å². The van der Waals surface area contributed by atoms with Gasteiger partial charge < -0.3 is 24.4 Å². The van der Waals surface area contributed by atoms with Crippen LogP contribution in [0.4, 0.5) is 5.13 Å². The SMILES string of the molecule is COc1ccc(-c2cn3nc(N4CCC(C(=O)NCc5ccc6c(c5)OCO6)CC4)sc3n2)cc1. The fourth-order valence-corrected chi connectivity index (χ4v) is 5.37. The number of hydrogen-bond acceptors (Lipinski definition) is 8. The molecule has 35 heavy (non-hydrogen) atoms. The Morgan fingerprint density at radius 3 is 2.71 bits per heavy atom. The maximum absolute atomic E-state index is 12.7. The van der Waals surface area contributed by atoms with Crippen LogP contribution in [0.1, 0.15) is 18.4 Å². The Hall–Kier alpha value is -3.79. The number of nitrogens with zero attached hydrogens (tertiary/aromatic N) is 4. The summed E-state index contributed by atoms with van der Waals surface area (Å²) in [4.78, 5) is 20.6. The van der Waals surface area contributed by atoms with Crippen LogP contribution in [0.3, 0.4) is 0 Å². The molecule has 2 aliphatic heterocycles. The number of carbonyl (C=O) groups excluding carboxylic acids is 1. The van der Waals surface area contributed by atoms with Crippen molar-refractivity contribution in [1.29, 1.82) is 0 Å². The minimum atomic E-state index is 0.00554. The van der Waals surface area contributed by atoms with E-state index in [1.165, 1.54) is 0 Å². The van der Waals surface area contributed by atoms with E-state index in [9.17, 15) is 4.79 Å². The average molecular weight is 492 g/mol. The second kappa shape index (κ2) is 9.10. The van der Waals surface area contributed by atoms with Gasteiger partial charge in [0.1, 0.15) is 5.75 Å². The van der Waals surface area contributed by atoms with Crippen molar-refractivity contribution in [3.05, 3.63) is 54.2 Å². The van der Waals surface area contributed by atoms with Crippen molar-refractivity contribution < 1.29 is 19.0 Å². The van der Waals surface area contributed by atoms with Crippen LogP contribution in [-0.2, 0) is 11.3 Å². The molecule has 10 heteroatoms. The first kappa shape index (κ1) is 21.7. The second-order valence-corrected chi connectivity index (χ2v) is 9.57. The monoisotopic (exact) mass is 491 g/mol. The topological polar surface area (TPSA) is 90.2 Å². The van der Waals surface area contributed by atoms with Gasteiger partial charge in [0.15, 0.2) is 11.5 Å². The van der Waals surface area contributed by atoms with E-state index >= 15 is 0 Å². The van der Waals surface area contributed by atoms with E-state index in [0.717, 1.165) is 70.1 Å². The number of methoxy groups -OCH3 is 1. The van der Waals surface area contributed by atoms with Gasteiger partial charge in [-0.15, -0.1) is 5.10 Å². The van der Waals surface area contributed by atoms with Crippen LogP contribution in [0, 0.1) is 5.92 Å². The second-order valence-electron chi connectivity index (χ2n) is 8.63. The number of aromatic nitrogens is 3. The maximum atomic E-state index is 12.7. The lowest BCUT2D eigenvalue weighted by Crippen LogP contribution is -2.40. The minimum Gasteiger partial charge on any atom is -0.497 e. The van der Waals surface area contributed by atoms with Crippen LogP contribution >= 0.6 is 11.3 Å². The zero-order valence-corrected chi connectivity index (χ0v) is 20.1. The van der Waals surface area contributed by atoms with Gasteiger partial charge in [0.05, 0.1) is 19.0 Å². The summed E-state index contributed by atoms with van der Waals surface area (Å²) < 4.78 is 17.8. The molecule has 0 aliphatic carbocycles. The highest BCUT2D eigenvalue weighted by Gasteiger charge is 2.27. The van der Waals surface area contributed by atoms with Gasteiger partial charge in [-0.05, 0) is 54.8 Å². The number of ether oxygens (including phenoxy) is 3. The van der Waals surface area contributed by atoms with Crippen molar-refractivity contribution in [2.24, 2.45) is 5.92 Å². The molecule has 1 saturated heterocycles. The highest BCUT2D eigenvalue weighted by molar-refractivity contribution is 7.20. The predicted octanol–water partition coefficient (Wildman–Crippen LogP) is 3.73. The van der Waals surface area contributed by atoms with E-state index in [0.29, 0.717) is 6.54 Å². The summed E-state index contributed by atoms with van der Waals surface area (Å²) >= 11 is 1.57. The zero-order chi connectivity index (χ0) is 23.8. The molecule has 0 unspecified atom stereocenters. The van der Waals surface area contributed by atoms with Gasteiger partial charge in [0.2, 0.25) is 22.8 Å². The van der Waals surface area contributed by atoms with Crippen LogP contribution in [0.5, 0.6) is 17.2 Å². The van der Waals surface area contributed by atoms with Gasteiger partial charge >= 0.3 is 0 Å². The molecule has 1 fully saturated rings. The number of rotatable bonds is 6. The number of hydrogen-bond donors (Lipinski definition) is 1. The number of benzene rings is 2. The summed E-state index contributed by atoms with van der Waals surface area (Å²) in [6.45, 7) is 2.32. The third-order valence-corrected chi connectivity index (χ3v) is 7.44. The van der Waals surface area contributed by atoms with Crippen molar-refractivity contribution >= 4 is 27.3 Å². The standard InChI is InChI=1S/C25H25N5O4S/c1-32-19-5-3-17(4-6-19)20-14-30-24(27-20)35-25(28-30)29-10-8-18(9-11-29)23(31)26-13-16-2-7-21-22(12-16)34-15-33-21/h2-7,12,14,18H,8-11,13,15H2,1H3,(H,26,31). The van der Waals surface area contributed by atoms with E-state index in [2.05, 4.69) is 10.2 Å². The lowest BCUT2D eigenvalue weighted by molar-refractivity contribution is -0.125. The number of fused-ring (bicyclic) bond motifs is 2. The molecule has 0 bridgehead atoms. The molecule has 9 nitrogen and oxygen atoms in total. The third kappa shape index (κ3) is 4.37. The summed E-state index contributed by atoms with van der Waals surface area (Å²) in [7, 11) is 1.66. The minimum absolute atomic E-state index is 0.00554. The smallest absolute Gasteiger partial charge is 0.231 e. The summed E-state index contributed by atoms with van der Waals surface area (Å²) in [6.07, 6.45) is 3.55. The lowest BCUT2D eigenvalue weighted by Gasteiger charge is -2.30. The first-order valence-electron chi connectivity index (χ1n) is 11.6. The molecule has 0 spiro atoms. The van der Waals surface area contributed by atoms with Gasteiger partial charge in [-0.3, -0.25) is 4.79 Å². The van der Waals surface area contributed by atoms with Gasteiger partial charge in [-0.2, -0.15) is 0 Å². The quantitative estimate of drug-likeness (QED) is 0.440. The molecule has 0 saturated carbocycles. The molecule has 4 heterocycles. The molecule has 2 aliphatic rings. The predicted molar refractivity (Wildman–Crippen MR) is 132 cm³/mol. The number of amides is 1. The van der Waals surface area contributed by atoms with Crippen LogP contribution in [0.2, 0.25) is 0 Å². The Balaban J connectivity index is 1.04. The molecule has 180 valence electrons. The first-order valence-corrected chi connectivity index (χ1v) is 12.4. The third-order valence-electron chi connectivity index (χ3n) is 6.46. The summed E-state index contributed by atoms with van der Waals surface area (Å²) in [5.41, 5.74) is 2.91. The number of carbonyl (C=O) groups is 1. The maximum Gasteiger partial charge on any atom is 0.231 e. The van der Waals surface area contributed by atoms with Crippen LogP contribution in [0.15, 0.2) is 48.7 Å². The van der Waals surface area contributed by atoms with E-state index < -0.39 is 0 Å². The highest BCUT2D eigenvalue weighted by Crippen LogP contribution is 2.33. The van der Waals surface area contributed by atoms with Crippen LogP contribution < -0.4 is 24.4 Å². The summed E-state index contributed by atoms with van der Waals surface area (Å²) in [6, 6.07) is 13.6. The number of imidazole rings is 1. The van der Waals surface area contributed by atoms with E-state index in [1.54, 1.807) is 18.4 Å². The molecule has 4 aromatic rings. The largest absolute Gasteiger partial charge is 0.497 e. The van der Waals surface area contributed by atoms with Gasteiger partial charge in [-0.25, -0.2) is 9.50 Å². The summed E-state index contributed by atoms with van der Waals surface area (Å²) in [5, 5.41) is 8.75. The van der Waals surface area contributed by atoms with Crippen molar-refractivity contribution in [2.45, 2.75) is 19.4 Å². The molecule has 1 N–H and O–H groups in total. The molecular formula is C25H25N5O4S. The Morgan fingerprint density at radius 1 is 1.14 bits per heavy atom. The fourth-order valence-electron chi connectivity index (χ4n) is 4.44.